The molecule has 1 saturated heterocycles. The first-order chi connectivity index (χ1) is 8.56. The summed E-state index contributed by atoms with van der Waals surface area (Å²) in [5.41, 5.74) is 0. The quantitative estimate of drug-likeness (QED) is 0.620. The third-order valence-corrected chi connectivity index (χ3v) is 5.62. The molecular formula is C12H26N2O3S. The third-order valence-electron chi connectivity index (χ3n) is 3.34. The van der Waals surface area contributed by atoms with E-state index in [1.807, 2.05) is 0 Å². The van der Waals surface area contributed by atoms with E-state index < -0.39 is 9.84 Å². The maximum Gasteiger partial charge on any atom is 0.154 e. The number of hydrogen-bond donors (Lipinski definition) is 2. The minimum Gasteiger partial charge on any atom is -0.383 e. The topological polar surface area (TPSA) is 67.4 Å². The van der Waals surface area contributed by atoms with E-state index in [0.717, 1.165) is 32.4 Å². The van der Waals surface area contributed by atoms with Crippen LogP contribution in [0.2, 0.25) is 0 Å². The van der Waals surface area contributed by atoms with Gasteiger partial charge in [0.1, 0.15) is 0 Å². The Hall–Kier alpha value is -0.170. The van der Waals surface area contributed by atoms with Crippen molar-refractivity contribution in [1.82, 2.24) is 10.6 Å². The number of methoxy groups -OCH3 is 1. The van der Waals surface area contributed by atoms with Gasteiger partial charge in [0.15, 0.2) is 9.84 Å². The largest absolute Gasteiger partial charge is 0.383 e. The highest BCUT2D eigenvalue weighted by Gasteiger charge is 2.28. The van der Waals surface area contributed by atoms with E-state index in [1.165, 1.54) is 0 Å². The fourth-order valence-corrected chi connectivity index (χ4v) is 3.96. The van der Waals surface area contributed by atoms with Crippen LogP contribution in [0.1, 0.15) is 26.2 Å². The minimum absolute atomic E-state index is 0.187. The summed E-state index contributed by atoms with van der Waals surface area (Å²) in [5, 5.41) is 6.37. The highest BCUT2D eigenvalue weighted by atomic mass is 32.2. The average molecular weight is 278 g/mol. The van der Waals surface area contributed by atoms with Gasteiger partial charge in [-0.05, 0) is 19.8 Å². The molecule has 1 rings (SSSR count). The van der Waals surface area contributed by atoms with Crippen LogP contribution in [0, 0.1) is 0 Å². The van der Waals surface area contributed by atoms with Gasteiger partial charge in [0.05, 0.1) is 17.6 Å². The van der Waals surface area contributed by atoms with Crippen LogP contribution >= 0.6 is 0 Å². The summed E-state index contributed by atoms with van der Waals surface area (Å²) in [6, 6.07) is 0.277. The normalized spacial score (nSPS) is 24.9. The van der Waals surface area contributed by atoms with Crippen molar-refractivity contribution in [2.45, 2.75) is 37.5 Å². The Bertz CT molecular complexity index is 319. The first-order valence-electron chi connectivity index (χ1n) is 6.71. The summed E-state index contributed by atoms with van der Waals surface area (Å²) in [7, 11) is -1.17. The fraction of sp³-hybridized carbons (Fsp3) is 1.00. The van der Waals surface area contributed by atoms with E-state index in [2.05, 4.69) is 17.6 Å². The van der Waals surface area contributed by atoms with E-state index in [9.17, 15) is 8.42 Å². The van der Waals surface area contributed by atoms with Gasteiger partial charge >= 0.3 is 0 Å². The summed E-state index contributed by atoms with van der Waals surface area (Å²) in [6.07, 6.45) is 2.66. The summed E-state index contributed by atoms with van der Waals surface area (Å²) in [5.74, 6) is 0.361. The Balaban J connectivity index is 2.19. The number of sulfone groups is 1. The summed E-state index contributed by atoms with van der Waals surface area (Å²) < 4.78 is 28.6. The molecule has 2 unspecified atom stereocenters. The molecular weight excluding hydrogens is 252 g/mol. The van der Waals surface area contributed by atoms with Crippen molar-refractivity contribution in [3.63, 3.8) is 0 Å². The van der Waals surface area contributed by atoms with Gasteiger partial charge in [0.2, 0.25) is 0 Å². The Labute approximate surface area is 111 Å². The monoisotopic (exact) mass is 278 g/mol. The van der Waals surface area contributed by atoms with Gasteiger partial charge < -0.3 is 15.4 Å². The molecule has 108 valence electrons. The van der Waals surface area contributed by atoms with Gasteiger partial charge in [-0.25, -0.2) is 8.42 Å². The molecule has 0 aromatic rings. The van der Waals surface area contributed by atoms with Crippen molar-refractivity contribution >= 4 is 9.84 Å². The molecule has 1 aliphatic rings. The van der Waals surface area contributed by atoms with Crippen molar-refractivity contribution in [2.75, 3.05) is 39.1 Å². The lowest BCUT2D eigenvalue weighted by atomic mass is 10.2. The second-order valence-corrected chi connectivity index (χ2v) is 7.39. The summed E-state index contributed by atoms with van der Waals surface area (Å²) in [6.45, 7) is 4.99. The highest BCUT2D eigenvalue weighted by molar-refractivity contribution is 7.92. The fourth-order valence-electron chi connectivity index (χ4n) is 2.15. The predicted molar refractivity (Wildman–Crippen MR) is 73.6 cm³/mol. The zero-order valence-electron chi connectivity index (χ0n) is 11.4. The first-order valence-corrected chi connectivity index (χ1v) is 8.42. The SMILES string of the molecule is COCCNCC(C)NCC1CCCCS1(=O)=O. The van der Waals surface area contributed by atoms with Crippen LogP contribution in [0.25, 0.3) is 0 Å². The average Bonchev–Trinajstić information content (AvgIpc) is 2.33. The van der Waals surface area contributed by atoms with Crippen molar-refractivity contribution in [3.05, 3.63) is 0 Å². The van der Waals surface area contributed by atoms with Crippen LogP contribution in [-0.4, -0.2) is 58.8 Å². The Kier molecular flexibility index (Phi) is 7.14. The summed E-state index contributed by atoms with van der Waals surface area (Å²) >= 11 is 0. The van der Waals surface area contributed by atoms with Crippen LogP contribution in [-0.2, 0) is 14.6 Å². The van der Waals surface area contributed by atoms with E-state index >= 15 is 0 Å². The van der Waals surface area contributed by atoms with Crippen LogP contribution < -0.4 is 10.6 Å². The molecule has 1 heterocycles. The summed E-state index contributed by atoms with van der Waals surface area (Å²) in [4.78, 5) is 0. The standard InChI is InChI=1S/C12H26N2O3S/c1-11(9-13-6-7-17-2)14-10-12-5-3-4-8-18(12,15)16/h11-14H,3-10H2,1-2H3. The maximum atomic E-state index is 11.8. The first kappa shape index (κ1) is 15.9. The molecule has 0 amide bonds. The molecule has 0 radical (unpaired) electrons. The Morgan fingerprint density at radius 2 is 2.17 bits per heavy atom. The number of rotatable bonds is 8. The number of hydrogen-bond acceptors (Lipinski definition) is 5. The van der Waals surface area contributed by atoms with Crippen molar-refractivity contribution in [2.24, 2.45) is 0 Å². The molecule has 0 aromatic heterocycles. The van der Waals surface area contributed by atoms with E-state index in [0.29, 0.717) is 18.9 Å². The molecule has 1 fully saturated rings. The Morgan fingerprint density at radius 1 is 1.39 bits per heavy atom. The predicted octanol–water partition coefficient (Wildman–Crippen LogP) is 0.168. The van der Waals surface area contributed by atoms with E-state index in [-0.39, 0.29) is 11.3 Å². The van der Waals surface area contributed by atoms with Crippen molar-refractivity contribution in [1.29, 1.82) is 0 Å². The lowest BCUT2D eigenvalue weighted by Gasteiger charge is -2.24. The molecule has 0 bridgehead atoms. The van der Waals surface area contributed by atoms with Gasteiger partial charge in [0, 0.05) is 32.8 Å². The van der Waals surface area contributed by atoms with Gasteiger partial charge in [-0.15, -0.1) is 0 Å². The highest BCUT2D eigenvalue weighted by Crippen LogP contribution is 2.18. The van der Waals surface area contributed by atoms with E-state index in [1.54, 1.807) is 7.11 Å². The lowest BCUT2D eigenvalue weighted by Crippen LogP contribution is -2.44. The number of ether oxygens (including phenoxy) is 1. The maximum absolute atomic E-state index is 11.8. The van der Waals surface area contributed by atoms with Gasteiger partial charge in [0.25, 0.3) is 0 Å². The van der Waals surface area contributed by atoms with E-state index in [4.69, 9.17) is 4.74 Å². The molecule has 0 spiro atoms. The molecule has 1 aliphatic heterocycles. The molecule has 18 heavy (non-hydrogen) atoms. The molecule has 6 heteroatoms. The zero-order chi connectivity index (χ0) is 13.4. The van der Waals surface area contributed by atoms with Gasteiger partial charge in [-0.1, -0.05) is 6.42 Å². The van der Waals surface area contributed by atoms with Crippen LogP contribution in [0.15, 0.2) is 0 Å². The number of nitrogens with one attached hydrogen (secondary N) is 2. The molecule has 2 N–H and O–H groups in total. The van der Waals surface area contributed by atoms with Crippen LogP contribution in [0.3, 0.4) is 0 Å². The minimum atomic E-state index is -2.85. The molecule has 2 atom stereocenters. The third kappa shape index (κ3) is 5.65. The lowest BCUT2D eigenvalue weighted by molar-refractivity contribution is 0.198. The van der Waals surface area contributed by atoms with Gasteiger partial charge in [-0.3, -0.25) is 0 Å². The van der Waals surface area contributed by atoms with Crippen molar-refractivity contribution < 1.29 is 13.2 Å². The zero-order valence-corrected chi connectivity index (χ0v) is 12.3. The van der Waals surface area contributed by atoms with Crippen molar-refractivity contribution in [3.8, 4) is 0 Å². The molecule has 0 aliphatic carbocycles. The molecule has 5 nitrogen and oxygen atoms in total. The Morgan fingerprint density at radius 3 is 2.83 bits per heavy atom. The molecule has 0 saturated carbocycles. The second-order valence-electron chi connectivity index (χ2n) is 4.99. The smallest absolute Gasteiger partial charge is 0.154 e. The van der Waals surface area contributed by atoms with Crippen LogP contribution in [0.5, 0.6) is 0 Å². The molecule has 0 aromatic carbocycles. The van der Waals surface area contributed by atoms with Crippen LogP contribution in [0.4, 0.5) is 0 Å². The van der Waals surface area contributed by atoms with Gasteiger partial charge in [-0.2, -0.15) is 0 Å². The second kappa shape index (κ2) is 8.09.